The summed E-state index contributed by atoms with van der Waals surface area (Å²) in [6.45, 7) is 8.43. The number of nitrogens with zero attached hydrogens (tertiary/aromatic N) is 3. The van der Waals surface area contributed by atoms with Gasteiger partial charge in [-0.2, -0.15) is 0 Å². The summed E-state index contributed by atoms with van der Waals surface area (Å²) in [7, 11) is 0. The summed E-state index contributed by atoms with van der Waals surface area (Å²) in [5.74, 6) is 0.863. The number of hydrogen-bond donors (Lipinski definition) is 1. The number of nitrogens with one attached hydrogen (secondary N) is 1. The second-order valence-corrected chi connectivity index (χ2v) is 7.80. The molecule has 0 aliphatic carbocycles. The molecule has 122 valence electrons. The minimum atomic E-state index is -0.455. The fourth-order valence-corrected chi connectivity index (χ4v) is 2.99. The zero-order chi connectivity index (χ0) is 16.6. The van der Waals surface area contributed by atoms with E-state index in [2.05, 4.69) is 37.8 Å². The van der Waals surface area contributed by atoms with E-state index in [1.165, 1.54) is 0 Å². The molecule has 0 bridgehead atoms. The van der Waals surface area contributed by atoms with Gasteiger partial charge in [-0.1, -0.05) is 0 Å². The van der Waals surface area contributed by atoms with Gasteiger partial charge in [0.1, 0.15) is 0 Å². The Balaban J connectivity index is 1.65. The quantitative estimate of drug-likeness (QED) is 0.765. The van der Waals surface area contributed by atoms with Crippen molar-refractivity contribution in [2.45, 2.75) is 26.4 Å². The van der Waals surface area contributed by atoms with Crippen molar-refractivity contribution in [2.24, 2.45) is 0 Å². The van der Waals surface area contributed by atoms with Crippen LogP contribution in [-0.2, 0) is 4.74 Å². The minimum absolute atomic E-state index is 0.241. The first kappa shape index (κ1) is 16.2. The van der Waals surface area contributed by atoms with Crippen LogP contribution in [0.3, 0.4) is 0 Å². The van der Waals surface area contributed by atoms with Gasteiger partial charge in [0.25, 0.3) is 0 Å². The normalized spacial score (nSPS) is 16.0. The van der Waals surface area contributed by atoms with Crippen LogP contribution >= 0.6 is 0 Å². The average molecular weight is 376 g/mol. The van der Waals surface area contributed by atoms with Crippen LogP contribution in [0.4, 0.5) is 10.7 Å². The Hall–Kier alpha value is -1.68. The van der Waals surface area contributed by atoms with E-state index >= 15 is 0 Å². The van der Waals surface area contributed by atoms with Crippen LogP contribution in [0.5, 0.6) is 0 Å². The summed E-state index contributed by atoms with van der Waals surface area (Å²) in [6, 6.07) is 6.12. The van der Waals surface area contributed by atoms with Gasteiger partial charge in [0.05, 0.1) is 0 Å². The molecule has 0 saturated carbocycles. The fourth-order valence-electron chi connectivity index (χ4n) is 2.56. The SMILES string of the molecule is CC(C)(C)OC(=O)N1CCN(c2nc3ccc([As])cc3[nH]2)CC1. The first-order chi connectivity index (χ1) is 10.8. The Morgan fingerprint density at radius 1 is 1.26 bits per heavy atom. The Kier molecular flexibility index (Phi) is 4.28. The van der Waals surface area contributed by atoms with Crippen LogP contribution < -0.4 is 9.25 Å². The van der Waals surface area contributed by atoms with Crippen molar-refractivity contribution in [3.05, 3.63) is 18.2 Å². The monoisotopic (exact) mass is 376 g/mol. The van der Waals surface area contributed by atoms with E-state index < -0.39 is 5.60 Å². The van der Waals surface area contributed by atoms with E-state index in [1.54, 1.807) is 4.90 Å². The van der Waals surface area contributed by atoms with Gasteiger partial charge in [-0.05, 0) is 20.8 Å². The Labute approximate surface area is 144 Å². The van der Waals surface area contributed by atoms with E-state index in [9.17, 15) is 4.79 Å². The van der Waals surface area contributed by atoms with Crippen LogP contribution in [0.2, 0.25) is 0 Å². The predicted octanol–water partition coefficient (Wildman–Crippen LogP) is 1.41. The Morgan fingerprint density at radius 2 is 1.96 bits per heavy atom. The number of amides is 1. The maximum atomic E-state index is 12.1. The molecule has 1 aromatic heterocycles. The molecule has 1 aliphatic heterocycles. The van der Waals surface area contributed by atoms with Crippen molar-refractivity contribution >= 4 is 44.3 Å². The zero-order valence-corrected chi connectivity index (χ0v) is 15.5. The summed E-state index contributed by atoms with van der Waals surface area (Å²) >= 11 is 2.53. The number of H-pyrrole nitrogens is 1. The van der Waals surface area contributed by atoms with Crippen molar-refractivity contribution in [1.82, 2.24) is 14.9 Å². The second kappa shape index (κ2) is 6.08. The molecule has 2 aromatic rings. The zero-order valence-electron chi connectivity index (χ0n) is 13.7. The number of piperazine rings is 1. The number of aromatic nitrogens is 2. The number of anilines is 1. The summed E-state index contributed by atoms with van der Waals surface area (Å²) < 4.78 is 6.57. The van der Waals surface area contributed by atoms with E-state index in [0.717, 1.165) is 34.4 Å². The van der Waals surface area contributed by atoms with Gasteiger partial charge in [0, 0.05) is 0 Å². The second-order valence-electron chi connectivity index (χ2n) is 6.72. The number of aromatic amines is 1. The van der Waals surface area contributed by atoms with Crippen LogP contribution in [0.25, 0.3) is 11.0 Å². The van der Waals surface area contributed by atoms with E-state index in [4.69, 9.17) is 4.74 Å². The molecule has 0 atom stereocenters. The van der Waals surface area contributed by atoms with Gasteiger partial charge in [0.2, 0.25) is 0 Å². The molecule has 1 saturated heterocycles. The van der Waals surface area contributed by atoms with E-state index in [-0.39, 0.29) is 6.09 Å². The van der Waals surface area contributed by atoms with Crippen LogP contribution in [0.1, 0.15) is 20.8 Å². The summed E-state index contributed by atoms with van der Waals surface area (Å²) in [6.07, 6.45) is -0.241. The van der Waals surface area contributed by atoms with E-state index in [1.807, 2.05) is 32.9 Å². The van der Waals surface area contributed by atoms with E-state index in [0.29, 0.717) is 13.1 Å². The number of hydrogen-bond acceptors (Lipinski definition) is 4. The Morgan fingerprint density at radius 3 is 2.61 bits per heavy atom. The van der Waals surface area contributed by atoms with Gasteiger partial charge in [-0.25, -0.2) is 0 Å². The number of carbonyl (C=O) groups excluding carboxylic acids is 1. The third kappa shape index (κ3) is 3.81. The molecule has 1 amide bonds. The van der Waals surface area contributed by atoms with Crippen molar-refractivity contribution in [3.63, 3.8) is 0 Å². The van der Waals surface area contributed by atoms with Gasteiger partial charge in [-0.15, -0.1) is 0 Å². The van der Waals surface area contributed by atoms with Gasteiger partial charge in [-0.3, -0.25) is 0 Å². The van der Waals surface area contributed by atoms with Crippen LogP contribution in [0, 0.1) is 0 Å². The van der Waals surface area contributed by atoms with Crippen molar-refractivity contribution < 1.29 is 9.53 Å². The standard InChI is InChI=1S/C16H21AsN4O2/c1-16(2,3)23-15(22)21-8-6-20(7-9-21)14-18-12-5-4-11(17)10-13(12)19-14/h4-5,10H,6-9H2,1-3H3,(H,18,19). The molecule has 3 rings (SSSR count). The molecule has 0 unspecified atom stereocenters. The van der Waals surface area contributed by atoms with Gasteiger partial charge >= 0.3 is 124 Å². The number of benzene rings is 1. The third-order valence-electron chi connectivity index (χ3n) is 3.68. The summed E-state index contributed by atoms with van der Waals surface area (Å²) in [4.78, 5) is 24.0. The molecule has 23 heavy (non-hydrogen) atoms. The Bertz CT molecular complexity index is 714. The molecule has 6 nitrogen and oxygen atoms in total. The fraction of sp³-hybridized carbons (Fsp3) is 0.500. The molecule has 1 aromatic carbocycles. The average Bonchev–Trinajstić information content (AvgIpc) is 2.88. The maximum absolute atomic E-state index is 12.1. The van der Waals surface area contributed by atoms with Gasteiger partial charge in [0.15, 0.2) is 0 Å². The number of carbonyl (C=O) groups is 1. The topological polar surface area (TPSA) is 61.5 Å². The molecule has 7 heteroatoms. The molecule has 0 spiro atoms. The first-order valence-electron chi connectivity index (χ1n) is 7.73. The molecule has 2 radical (unpaired) electrons. The number of imidazole rings is 1. The summed E-state index contributed by atoms with van der Waals surface area (Å²) in [5.41, 5.74) is 1.54. The number of fused-ring (bicyclic) bond motifs is 1. The molecular formula is C16H21AsN4O2. The predicted molar refractivity (Wildman–Crippen MR) is 91.5 cm³/mol. The van der Waals surface area contributed by atoms with Crippen molar-refractivity contribution in [2.75, 3.05) is 31.1 Å². The molecule has 1 aliphatic rings. The molecular weight excluding hydrogens is 355 g/mol. The number of rotatable bonds is 1. The summed E-state index contributed by atoms with van der Waals surface area (Å²) in [5, 5.41) is 0. The number of ether oxygens (including phenoxy) is 1. The van der Waals surface area contributed by atoms with Crippen molar-refractivity contribution in [1.29, 1.82) is 0 Å². The third-order valence-corrected chi connectivity index (χ3v) is 4.27. The van der Waals surface area contributed by atoms with Crippen LogP contribution in [-0.4, -0.2) is 69.6 Å². The van der Waals surface area contributed by atoms with Crippen LogP contribution in [0.15, 0.2) is 18.2 Å². The first-order valence-corrected chi connectivity index (χ1v) is 8.67. The molecule has 1 fully saturated rings. The van der Waals surface area contributed by atoms with Crippen molar-refractivity contribution in [3.8, 4) is 0 Å². The molecule has 2 heterocycles. The van der Waals surface area contributed by atoms with Gasteiger partial charge < -0.3 is 0 Å². The molecule has 1 N–H and O–H groups in total.